The van der Waals surface area contributed by atoms with Crippen molar-refractivity contribution in [3.05, 3.63) is 0 Å². The van der Waals surface area contributed by atoms with Crippen molar-refractivity contribution in [2.24, 2.45) is 5.73 Å². The first kappa shape index (κ1) is 9.79. The van der Waals surface area contributed by atoms with Gasteiger partial charge in [-0.05, 0) is 0 Å². The molecule has 2 amide bonds. The predicted octanol–water partition coefficient (Wildman–Crippen LogP) is -1.49. The third-order valence-electron chi connectivity index (χ3n) is 1.73. The van der Waals surface area contributed by atoms with Crippen LogP contribution >= 0.6 is 0 Å². The van der Waals surface area contributed by atoms with Gasteiger partial charge in [0.1, 0.15) is 0 Å². The first-order valence-corrected chi connectivity index (χ1v) is 4.04. The Hall–Kier alpha value is -1.30. The molecule has 1 unspecified atom stereocenters. The van der Waals surface area contributed by atoms with E-state index in [9.17, 15) is 9.59 Å². The van der Waals surface area contributed by atoms with Crippen molar-refractivity contribution in [3.63, 3.8) is 0 Å². The summed E-state index contributed by atoms with van der Waals surface area (Å²) in [6, 6.07) is 0. The fourth-order valence-corrected chi connectivity index (χ4v) is 1.02. The normalized spacial score (nSPS) is 21.5. The molecule has 1 fully saturated rings. The topological polar surface area (TPSA) is 84.7 Å². The van der Waals surface area contributed by atoms with Crippen molar-refractivity contribution >= 4 is 12.0 Å². The van der Waals surface area contributed by atoms with E-state index in [2.05, 4.69) is 5.32 Å². The summed E-state index contributed by atoms with van der Waals surface area (Å²) in [5.41, 5.74) is 5.20. The van der Waals surface area contributed by atoms with Crippen molar-refractivity contribution in [1.29, 1.82) is 0 Å². The first-order valence-electron chi connectivity index (χ1n) is 4.04. The Balaban J connectivity index is 2.37. The molecular formula is C7H13N3O3. The second kappa shape index (κ2) is 4.08. The molecule has 0 aromatic rings. The molecule has 1 aliphatic rings. The Morgan fingerprint density at radius 2 is 2.54 bits per heavy atom. The van der Waals surface area contributed by atoms with Crippen molar-refractivity contribution in [2.45, 2.75) is 6.10 Å². The molecule has 0 bridgehead atoms. The quantitative estimate of drug-likeness (QED) is 0.564. The second-order valence-corrected chi connectivity index (χ2v) is 2.83. The monoisotopic (exact) mass is 187 g/mol. The number of ether oxygens (including phenoxy) is 1. The number of rotatable bonds is 3. The van der Waals surface area contributed by atoms with Gasteiger partial charge in [0, 0.05) is 20.1 Å². The maximum Gasteiger partial charge on any atom is 0.410 e. The molecule has 1 aliphatic heterocycles. The number of hydrogen-bond acceptors (Lipinski definition) is 4. The zero-order valence-corrected chi connectivity index (χ0v) is 7.45. The van der Waals surface area contributed by atoms with E-state index in [0.717, 1.165) is 0 Å². The van der Waals surface area contributed by atoms with Crippen LogP contribution in [0.15, 0.2) is 0 Å². The smallest absolute Gasteiger partial charge is 0.410 e. The van der Waals surface area contributed by atoms with Gasteiger partial charge in [-0.2, -0.15) is 0 Å². The average molecular weight is 187 g/mol. The van der Waals surface area contributed by atoms with Crippen LogP contribution in [0.5, 0.6) is 0 Å². The summed E-state index contributed by atoms with van der Waals surface area (Å²) in [7, 11) is 1.58. The molecule has 6 nitrogen and oxygen atoms in total. The van der Waals surface area contributed by atoms with Gasteiger partial charge in [0.15, 0.2) is 6.10 Å². The van der Waals surface area contributed by atoms with Crippen LogP contribution in [0.4, 0.5) is 4.79 Å². The summed E-state index contributed by atoms with van der Waals surface area (Å²) in [6.45, 7) is 1.08. The summed E-state index contributed by atoms with van der Waals surface area (Å²) < 4.78 is 4.77. The lowest BCUT2D eigenvalue weighted by atomic mass is 10.3. The van der Waals surface area contributed by atoms with Gasteiger partial charge in [-0.1, -0.05) is 0 Å². The van der Waals surface area contributed by atoms with E-state index in [1.54, 1.807) is 7.05 Å². The first-order chi connectivity index (χ1) is 6.15. The van der Waals surface area contributed by atoms with Crippen LogP contribution < -0.4 is 11.1 Å². The van der Waals surface area contributed by atoms with E-state index in [0.29, 0.717) is 19.6 Å². The highest BCUT2D eigenvalue weighted by molar-refractivity contribution is 5.86. The minimum absolute atomic E-state index is 0.289. The van der Waals surface area contributed by atoms with Crippen LogP contribution in [-0.4, -0.2) is 49.7 Å². The van der Waals surface area contributed by atoms with Gasteiger partial charge in [-0.25, -0.2) is 4.79 Å². The number of hydrogen-bond donors (Lipinski definition) is 2. The number of nitrogens with zero attached hydrogens (tertiary/aromatic N) is 1. The van der Waals surface area contributed by atoms with Gasteiger partial charge in [-0.3, -0.25) is 4.79 Å². The maximum absolute atomic E-state index is 11.2. The molecule has 0 saturated carbocycles. The minimum atomic E-state index is -0.691. The highest BCUT2D eigenvalue weighted by Crippen LogP contribution is 2.08. The van der Waals surface area contributed by atoms with Crippen molar-refractivity contribution in [1.82, 2.24) is 10.2 Å². The summed E-state index contributed by atoms with van der Waals surface area (Å²) in [5, 5.41) is 2.55. The summed E-state index contributed by atoms with van der Waals surface area (Å²) >= 11 is 0. The van der Waals surface area contributed by atoms with Crippen LogP contribution in [0.1, 0.15) is 0 Å². The molecule has 1 rings (SSSR count). The van der Waals surface area contributed by atoms with E-state index in [-0.39, 0.29) is 5.91 Å². The SMILES string of the molecule is CN1CC(C(=O)NCCN)OC1=O. The van der Waals surface area contributed by atoms with Gasteiger partial charge < -0.3 is 20.7 Å². The minimum Gasteiger partial charge on any atom is -0.434 e. The maximum atomic E-state index is 11.2. The number of nitrogens with one attached hydrogen (secondary N) is 1. The zero-order chi connectivity index (χ0) is 9.84. The van der Waals surface area contributed by atoms with E-state index in [1.807, 2.05) is 0 Å². The van der Waals surface area contributed by atoms with Gasteiger partial charge in [0.2, 0.25) is 0 Å². The van der Waals surface area contributed by atoms with Crippen LogP contribution in [0.3, 0.4) is 0 Å². The lowest BCUT2D eigenvalue weighted by Crippen LogP contribution is -2.39. The summed E-state index contributed by atoms with van der Waals surface area (Å²) in [6.07, 6.45) is -1.16. The molecule has 0 spiro atoms. The number of likely N-dealkylation sites (N-methyl/N-ethyl adjacent to an activating group) is 1. The second-order valence-electron chi connectivity index (χ2n) is 2.83. The Morgan fingerprint density at radius 1 is 1.85 bits per heavy atom. The molecule has 13 heavy (non-hydrogen) atoms. The summed E-state index contributed by atoms with van der Waals surface area (Å²) in [4.78, 5) is 23.4. The van der Waals surface area contributed by atoms with E-state index in [1.165, 1.54) is 4.90 Å². The molecule has 0 aromatic heterocycles. The van der Waals surface area contributed by atoms with Crippen molar-refractivity contribution in [3.8, 4) is 0 Å². The van der Waals surface area contributed by atoms with E-state index >= 15 is 0 Å². The third-order valence-corrected chi connectivity index (χ3v) is 1.73. The van der Waals surface area contributed by atoms with Crippen LogP contribution in [0.25, 0.3) is 0 Å². The number of carbonyl (C=O) groups is 2. The molecule has 6 heteroatoms. The van der Waals surface area contributed by atoms with Gasteiger partial charge in [0.25, 0.3) is 5.91 Å². The summed E-state index contributed by atoms with van der Waals surface area (Å²) in [5.74, 6) is -0.289. The Labute approximate surface area is 76.0 Å². The van der Waals surface area contributed by atoms with Gasteiger partial charge in [-0.15, -0.1) is 0 Å². The fourth-order valence-electron chi connectivity index (χ4n) is 1.02. The lowest BCUT2D eigenvalue weighted by Gasteiger charge is -2.07. The highest BCUT2D eigenvalue weighted by Gasteiger charge is 2.33. The van der Waals surface area contributed by atoms with Crippen LogP contribution in [-0.2, 0) is 9.53 Å². The molecule has 1 heterocycles. The number of nitrogens with two attached hydrogens (primary N) is 1. The molecule has 1 saturated heterocycles. The Bertz CT molecular complexity index is 219. The molecule has 1 atom stereocenters. The number of amides is 2. The van der Waals surface area contributed by atoms with Crippen LogP contribution in [0.2, 0.25) is 0 Å². The third kappa shape index (κ3) is 2.32. The van der Waals surface area contributed by atoms with Crippen molar-refractivity contribution < 1.29 is 14.3 Å². The number of cyclic esters (lactones) is 1. The highest BCUT2D eigenvalue weighted by atomic mass is 16.6. The molecule has 3 N–H and O–H groups in total. The predicted molar refractivity (Wildman–Crippen MR) is 45.0 cm³/mol. The average Bonchev–Trinajstić information content (AvgIpc) is 2.43. The number of carbonyl (C=O) groups excluding carboxylic acids is 2. The molecule has 0 aliphatic carbocycles. The fraction of sp³-hybridized carbons (Fsp3) is 0.714. The zero-order valence-electron chi connectivity index (χ0n) is 7.45. The standard InChI is InChI=1S/C7H13N3O3/c1-10-4-5(13-7(10)12)6(11)9-3-2-8/h5H,2-4,8H2,1H3,(H,9,11). The molecule has 74 valence electrons. The largest absolute Gasteiger partial charge is 0.434 e. The Kier molecular flexibility index (Phi) is 3.07. The lowest BCUT2D eigenvalue weighted by molar-refractivity contribution is -0.127. The van der Waals surface area contributed by atoms with Crippen molar-refractivity contribution in [2.75, 3.05) is 26.7 Å². The molecular weight excluding hydrogens is 174 g/mol. The van der Waals surface area contributed by atoms with Gasteiger partial charge in [0.05, 0.1) is 6.54 Å². The molecule has 0 radical (unpaired) electrons. The van der Waals surface area contributed by atoms with Crippen LogP contribution in [0, 0.1) is 0 Å². The van der Waals surface area contributed by atoms with E-state index < -0.39 is 12.2 Å². The molecule has 0 aromatic carbocycles. The van der Waals surface area contributed by atoms with E-state index in [4.69, 9.17) is 10.5 Å². The Morgan fingerprint density at radius 3 is 3.00 bits per heavy atom. The van der Waals surface area contributed by atoms with Gasteiger partial charge >= 0.3 is 6.09 Å².